The van der Waals surface area contributed by atoms with E-state index in [0.29, 0.717) is 5.70 Å². The number of aliphatic imine (C=N–C) groups is 1. The maximum atomic E-state index is 12.3. The van der Waals surface area contributed by atoms with Gasteiger partial charge in [0.2, 0.25) is 0 Å². The van der Waals surface area contributed by atoms with Crippen molar-refractivity contribution in [1.29, 1.82) is 0 Å². The first-order chi connectivity index (χ1) is 14.2. The Balaban J connectivity index is 2.87. The molecule has 0 aliphatic rings. The fraction of sp³-hybridized carbons (Fsp3) is 0.263. The molecule has 0 saturated carbocycles. The van der Waals surface area contributed by atoms with Gasteiger partial charge in [-0.1, -0.05) is 17.8 Å². The lowest BCUT2D eigenvalue weighted by molar-refractivity contribution is -0.137. The van der Waals surface area contributed by atoms with Crippen molar-refractivity contribution in [2.24, 2.45) is 15.2 Å². The molecule has 1 aromatic rings. The third kappa shape index (κ3) is 7.51. The van der Waals surface area contributed by atoms with Gasteiger partial charge in [-0.3, -0.25) is 9.79 Å². The average Bonchev–Trinajstić information content (AvgIpc) is 2.70. The number of ether oxygens (including phenoxy) is 1. The van der Waals surface area contributed by atoms with E-state index in [0.717, 1.165) is 11.8 Å². The van der Waals surface area contributed by atoms with Gasteiger partial charge in [0, 0.05) is 0 Å². The second-order valence-corrected chi connectivity index (χ2v) is 6.56. The number of hydrogen-bond acceptors (Lipinski definition) is 9. The number of carbonyl (C=O) groups is 3. The Morgan fingerprint density at radius 2 is 1.93 bits per heavy atom. The molecule has 1 rings (SSSR count). The molecule has 0 bridgehead atoms. The smallest absolute Gasteiger partial charge is 0.346 e. The van der Waals surface area contributed by atoms with E-state index >= 15 is 0 Å². The topological polar surface area (TPSA) is 150 Å². The zero-order valence-electron chi connectivity index (χ0n) is 16.7. The van der Waals surface area contributed by atoms with Crippen LogP contribution in [0.5, 0.6) is 0 Å². The van der Waals surface area contributed by atoms with Crippen molar-refractivity contribution in [2.45, 2.75) is 20.8 Å². The molecule has 0 spiro atoms. The van der Waals surface area contributed by atoms with Crippen LogP contribution in [0.2, 0.25) is 0 Å². The van der Waals surface area contributed by atoms with Crippen molar-refractivity contribution in [3.05, 3.63) is 51.9 Å². The van der Waals surface area contributed by atoms with E-state index in [2.05, 4.69) is 27.3 Å². The molecule has 0 aromatic heterocycles. The number of azo groups is 1. The third-order valence-corrected chi connectivity index (χ3v) is 4.43. The predicted octanol–water partition coefficient (Wildman–Crippen LogP) is 3.56. The minimum atomic E-state index is -1.13. The second-order valence-electron chi connectivity index (χ2n) is 5.58. The lowest BCUT2D eigenvalue weighted by atomic mass is 10.2. The van der Waals surface area contributed by atoms with E-state index in [1.165, 1.54) is 31.2 Å². The van der Waals surface area contributed by atoms with Crippen LogP contribution in [0, 0.1) is 0 Å². The maximum absolute atomic E-state index is 12.3. The molecule has 0 saturated heterocycles. The number of hydrogen-bond donors (Lipinski definition) is 3. The molecule has 0 aliphatic heterocycles. The first kappa shape index (κ1) is 24.6. The summed E-state index contributed by atoms with van der Waals surface area (Å²) in [5, 5.41) is 28.8. The molecule has 0 unspecified atom stereocenters. The molecule has 11 heteroatoms. The van der Waals surface area contributed by atoms with Crippen molar-refractivity contribution < 1.29 is 29.3 Å². The SMILES string of the molecule is C=N/C(C)=C(\SCNC(=O)C(N=Nc1cccc(C(=O)O)c1)=C(C)O)C(=O)OCC. The van der Waals surface area contributed by atoms with Crippen LogP contribution < -0.4 is 5.32 Å². The normalized spacial score (nSPS) is 12.6. The zero-order valence-corrected chi connectivity index (χ0v) is 17.5. The highest BCUT2D eigenvalue weighted by molar-refractivity contribution is 8.03. The minimum absolute atomic E-state index is 0.00281. The van der Waals surface area contributed by atoms with Crippen LogP contribution >= 0.6 is 11.8 Å². The van der Waals surface area contributed by atoms with E-state index in [1.807, 2.05) is 0 Å². The highest BCUT2D eigenvalue weighted by atomic mass is 32.2. The number of amides is 1. The molecule has 10 nitrogen and oxygen atoms in total. The third-order valence-electron chi connectivity index (χ3n) is 3.39. The van der Waals surface area contributed by atoms with Crippen molar-refractivity contribution in [1.82, 2.24) is 5.32 Å². The Morgan fingerprint density at radius 3 is 2.50 bits per heavy atom. The molecule has 3 N–H and O–H groups in total. The second kappa shape index (κ2) is 12.2. The maximum Gasteiger partial charge on any atom is 0.346 e. The van der Waals surface area contributed by atoms with Gasteiger partial charge >= 0.3 is 11.9 Å². The fourth-order valence-electron chi connectivity index (χ4n) is 1.93. The van der Waals surface area contributed by atoms with Crippen molar-refractivity contribution >= 4 is 42.0 Å². The summed E-state index contributed by atoms with van der Waals surface area (Å²) in [6.45, 7) is 8.05. The van der Waals surface area contributed by atoms with Crippen LogP contribution in [-0.4, -0.2) is 47.3 Å². The van der Waals surface area contributed by atoms with Crippen LogP contribution in [0.4, 0.5) is 5.69 Å². The molecule has 1 amide bonds. The summed E-state index contributed by atoms with van der Waals surface area (Å²) < 4.78 is 4.94. The largest absolute Gasteiger partial charge is 0.510 e. The molecule has 0 radical (unpaired) electrons. The number of aliphatic hydroxyl groups excluding tert-OH is 1. The monoisotopic (exact) mass is 434 g/mol. The first-order valence-corrected chi connectivity index (χ1v) is 9.60. The number of esters is 1. The molecule has 160 valence electrons. The number of nitrogens with one attached hydrogen (secondary N) is 1. The van der Waals surface area contributed by atoms with Gasteiger partial charge < -0.3 is 20.3 Å². The molecule has 0 fully saturated rings. The van der Waals surface area contributed by atoms with E-state index in [4.69, 9.17) is 9.84 Å². The van der Waals surface area contributed by atoms with E-state index in [1.54, 1.807) is 13.8 Å². The molecule has 1 aromatic carbocycles. The van der Waals surface area contributed by atoms with Gasteiger partial charge in [-0.2, -0.15) is 5.11 Å². The van der Waals surface area contributed by atoms with Gasteiger partial charge in [-0.15, -0.1) is 5.11 Å². The first-order valence-electron chi connectivity index (χ1n) is 8.61. The Hall–Kier alpha value is -3.47. The molecule has 0 heterocycles. The van der Waals surface area contributed by atoms with Gasteiger partial charge in [0.05, 0.1) is 29.4 Å². The van der Waals surface area contributed by atoms with Crippen molar-refractivity contribution in [3.8, 4) is 0 Å². The number of carboxylic acids is 1. The number of nitrogens with zero attached hydrogens (tertiary/aromatic N) is 3. The summed E-state index contributed by atoms with van der Waals surface area (Å²) >= 11 is 0.977. The van der Waals surface area contributed by atoms with E-state index in [-0.39, 0.29) is 40.1 Å². The quantitative estimate of drug-likeness (QED) is 0.127. The lowest BCUT2D eigenvalue weighted by Crippen LogP contribution is -2.25. The highest BCUT2D eigenvalue weighted by Crippen LogP contribution is 2.22. The van der Waals surface area contributed by atoms with Crippen LogP contribution in [0.15, 0.2) is 61.5 Å². The molecule has 30 heavy (non-hydrogen) atoms. The summed E-state index contributed by atoms with van der Waals surface area (Å²) in [4.78, 5) is 39.2. The summed E-state index contributed by atoms with van der Waals surface area (Å²) in [6, 6.07) is 5.62. The number of aromatic carboxylic acids is 1. The summed E-state index contributed by atoms with van der Waals surface area (Å²) in [5.41, 5.74) is 0.176. The minimum Gasteiger partial charge on any atom is -0.510 e. The van der Waals surface area contributed by atoms with Crippen LogP contribution in [0.3, 0.4) is 0 Å². The van der Waals surface area contributed by atoms with E-state index in [9.17, 15) is 19.5 Å². The van der Waals surface area contributed by atoms with Gasteiger partial charge in [-0.05, 0) is 45.7 Å². The Morgan fingerprint density at radius 1 is 1.23 bits per heavy atom. The Labute approximate surface area is 177 Å². The molecule has 0 aliphatic carbocycles. The zero-order chi connectivity index (χ0) is 22.7. The highest BCUT2D eigenvalue weighted by Gasteiger charge is 2.17. The van der Waals surface area contributed by atoms with Crippen LogP contribution in [-0.2, 0) is 14.3 Å². The van der Waals surface area contributed by atoms with E-state index < -0.39 is 17.8 Å². The van der Waals surface area contributed by atoms with Crippen molar-refractivity contribution in [2.75, 3.05) is 12.5 Å². The average molecular weight is 434 g/mol. The fourth-order valence-corrected chi connectivity index (χ4v) is 2.73. The lowest BCUT2D eigenvalue weighted by Gasteiger charge is -2.09. The Bertz CT molecular complexity index is 919. The molecule has 0 atom stereocenters. The number of carbonyl (C=O) groups excluding carboxylic acids is 2. The predicted molar refractivity (Wildman–Crippen MR) is 113 cm³/mol. The molecular formula is C19H22N4O6S. The number of aliphatic hydroxyl groups is 1. The van der Waals surface area contributed by atoms with Gasteiger partial charge in [-0.25, -0.2) is 9.59 Å². The summed E-state index contributed by atoms with van der Waals surface area (Å²) in [6.07, 6.45) is 0. The van der Waals surface area contributed by atoms with Gasteiger partial charge in [0.15, 0.2) is 5.70 Å². The van der Waals surface area contributed by atoms with Crippen LogP contribution in [0.1, 0.15) is 31.1 Å². The number of allylic oxidation sites excluding steroid dienone is 2. The van der Waals surface area contributed by atoms with Gasteiger partial charge in [0.25, 0.3) is 5.91 Å². The number of thioether (sulfide) groups is 1. The number of carboxylic acid groups (broad SMARTS) is 1. The van der Waals surface area contributed by atoms with Crippen molar-refractivity contribution in [3.63, 3.8) is 0 Å². The number of rotatable bonds is 10. The Kier molecular flexibility index (Phi) is 9.97. The van der Waals surface area contributed by atoms with Gasteiger partial charge in [0.1, 0.15) is 10.7 Å². The summed E-state index contributed by atoms with van der Waals surface area (Å²) in [5.74, 6) is -2.89. The number of benzene rings is 1. The standard InChI is InChI=1S/C19H22N4O6S/c1-5-29-19(28)16(11(2)20-4)30-10-21-17(25)15(12(3)24)23-22-14-8-6-7-13(9-14)18(26)27/h6-9,24H,4-5,10H2,1-3H3,(H,21,25)(H,26,27)/b15-12?,16-11-,23-22?. The van der Waals surface area contributed by atoms with Crippen LogP contribution in [0.25, 0.3) is 0 Å². The molecular weight excluding hydrogens is 412 g/mol. The summed E-state index contributed by atoms with van der Waals surface area (Å²) in [7, 11) is 0.